The molecule has 1 aromatic rings. The van der Waals surface area contributed by atoms with Crippen LogP contribution in [0.3, 0.4) is 0 Å². The second-order valence-corrected chi connectivity index (χ2v) is 6.48. The smallest absolute Gasteiger partial charge is 0.0774 e. The van der Waals surface area contributed by atoms with Gasteiger partial charge in [-0.15, -0.1) is 0 Å². The molecule has 3 heteroatoms. The van der Waals surface area contributed by atoms with Gasteiger partial charge in [-0.1, -0.05) is 12.8 Å². The number of rotatable bonds is 5. The molecule has 0 radical (unpaired) electrons. The summed E-state index contributed by atoms with van der Waals surface area (Å²) in [6.45, 7) is 1.91. The molecule has 2 aliphatic carbocycles. The van der Waals surface area contributed by atoms with Crippen molar-refractivity contribution in [1.82, 2.24) is 4.90 Å². The summed E-state index contributed by atoms with van der Waals surface area (Å²) in [5.41, 5.74) is 1.02. The SMILES string of the molecule is OC1(CN(Cc2ccsc2)C2CC2)CCCC1. The van der Waals surface area contributed by atoms with Gasteiger partial charge in [0.15, 0.2) is 0 Å². The van der Waals surface area contributed by atoms with Gasteiger partial charge in [0.1, 0.15) is 0 Å². The maximum atomic E-state index is 10.5. The fraction of sp³-hybridized carbons (Fsp3) is 0.714. The van der Waals surface area contributed by atoms with Gasteiger partial charge in [0, 0.05) is 19.1 Å². The summed E-state index contributed by atoms with van der Waals surface area (Å²) in [5, 5.41) is 14.9. The highest BCUT2D eigenvalue weighted by atomic mass is 32.1. The standard InChI is InChI=1S/C14H21NOS/c16-14(6-1-2-7-14)11-15(13-3-4-13)9-12-5-8-17-10-12/h5,8,10,13,16H,1-4,6-7,9,11H2. The van der Waals surface area contributed by atoms with Crippen molar-refractivity contribution in [3.05, 3.63) is 22.4 Å². The number of hydrogen-bond donors (Lipinski definition) is 1. The monoisotopic (exact) mass is 251 g/mol. The lowest BCUT2D eigenvalue weighted by Gasteiger charge is -2.31. The average Bonchev–Trinajstić information content (AvgIpc) is 2.88. The van der Waals surface area contributed by atoms with E-state index in [-0.39, 0.29) is 0 Å². The van der Waals surface area contributed by atoms with Crippen LogP contribution in [0.25, 0.3) is 0 Å². The van der Waals surface area contributed by atoms with Crippen LogP contribution >= 0.6 is 11.3 Å². The van der Waals surface area contributed by atoms with Crippen LogP contribution in [0.5, 0.6) is 0 Å². The zero-order valence-electron chi connectivity index (χ0n) is 10.3. The normalized spacial score (nSPS) is 23.4. The predicted molar refractivity (Wildman–Crippen MR) is 71.2 cm³/mol. The summed E-state index contributed by atoms with van der Waals surface area (Å²) in [7, 11) is 0. The molecule has 17 heavy (non-hydrogen) atoms. The molecule has 2 nitrogen and oxygen atoms in total. The van der Waals surface area contributed by atoms with E-state index in [2.05, 4.69) is 21.7 Å². The van der Waals surface area contributed by atoms with E-state index in [1.165, 1.54) is 31.2 Å². The molecule has 0 aromatic carbocycles. The Balaban J connectivity index is 1.64. The molecule has 2 saturated carbocycles. The fourth-order valence-electron chi connectivity index (χ4n) is 2.94. The first kappa shape index (κ1) is 11.7. The van der Waals surface area contributed by atoms with Crippen molar-refractivity contribution >= 4 is 11.3 Å². The molecule has 0 spiro atoms. The van der Waals surface area contributed by atoms with Crippen LogP contribution in [0.15, 0.2) is 16.8 Å². The van der Waals surface area contributed by atoms with E-state index in [9.17, 15) is 5.11 Å². The summed E-state index contributed by atoms with van der Waals surface area (Å²) in [4.78, 5) is 2.51. The quantitative estimate of drug-likeness (QED) is 0.869. The Kier molecular flexibility index (Phi) is 3.24. The van der Waals surface area contributed by atoms with E-state index < -0.39 is 5.60 Å². The van der Waals surface area contributed by atoms with Gasteiger partial charge in [0.05, 0.1) is 5.60 Å². The Hall–Kier alpha value is -0.380. The highest BCUT2D eigenvalue weighted by molar-refractivity contribution is 7.07. The van der Waals surface area contributed by atoms with Gasteiger partial charge < -0.3 is 5.11 Å². The summed E-state index contributed by atoms with van der Waals surface area (Å²) >= 11 is 1.77. The molecule has 0 amide bonds. The first-order chi connectivity index (χ1) is 8.25. The number of nitrogens with zero attached hydrogens (tertiary/aromatic N) is 1. The zero-order valence-corrected chi connectivity index (χ0v) is 11.1. The van der Waals surface area contributed by atoms with Gasteiger partial charge in [-0.2, -0.15) is 11.3 Å². The van der Waals surface area contributed by atoms with E-state index in [0.29, 0.717) is 0 Å². The Morgan fingerprint density at radius 2 is 2.12 bits per heavy atom. The topological polar surface area (TPSA) is 23.5 Å². The van der Waals surface area contributed by atoms with Crippen LogP contribution in [0, 0.1) is 0 Å². The minimum absolute atomic E-state index is 0.390. The molecule has 1 heterocycles. The molecular weight excluding hydrogens is 230 g/mol. The van der Waals surface area contributed by atoms with Crippen LogP contribution in [0.4, 0.5) is 0 Å². The lowest BCUT2D eigenvalue weighted by atomic mass is 10.0. The fourth-order valence-corrected chi connectivity index (χ4v) is 3.60. The maximum absolute atomic E-state index is 10.5. The molecule has 1 N–H and O–H groups in total. The third-order valence-electron chi connectivity index (χ3n) is 4.06. The van der Waals surface area contributed by atoms with Gasteiger partial charge in [-0.25, -0.2) is 0 Å². The molecule has 0 saturated heterocycles. The van der Waals surface area contributed by atoms with Crippen LogP contribution < -0.4 is 0 Å². The minimum Gasteiger partial charge on any atom is -0.389 e. The number of thiophene rings is 1. The molecule has 0 aliphatic heterocycles. The molecule has 1 aromatic heterocycles. The van der Waals surface area contributed by atoms with Crippen LogP contribution in [0.1, 0.15) is 44.1 Å². The van der Waals surface area contributed by atoms with Gasteiger partial charge in [-0.05, 0) is 48.1 Å². The molecule has 3 rings (SSSR count). The van der Waals surface area contributed by atoms with Crippen molar-refractivity contribution in [2.45, 2.75) is 56.7 Å². The van der Waals surface area contributed by atoms with E-state index in [1.54, 1.807) is 11.3 Å². The Labute approximate surface area is 107 Å². The van der Waals surface area contributed by atoms with Crippen molar-refractivity contribution in [2.24, 2.45) is 0 Å². The predicted octanol–water partition coefficient (Wildman–Crippen LogP) is 3.02. The molecular formula is C14H21NOS. The van der Waals surface area contributed by atoms with Crippen LogP contribution in [-0.2, 0) is 6.54 Å². The largest absolute Gasteiger partial charge is 0.389 e. The van der Waals surface area contributed by atoms with E-state index in [4.69, 9.17) is 0 Å². The van der Waals surface area contributed by atoms with Crippen molar-refractivity contribution in [3.63, 3.8) is 0 Å². The van der Waals surface area contributed by atoms with Crippen molar-refractivity contribution in [2.75, 3.05) is 6.54 Å². The zero-order chi connectivity index (χ0) is 11.7. The van der Waals surface area contributed by atoms with Gasteiger partial charge in [0.25, 0.3) is 0 Å². The molecule has 94 valence electrons. The highest BCUT2D eigenvalue weighted by Gasteiger charge is 2.38. The summed E-state index contributed by atoms with van der Waals surface area (Å²) < 4.78 is 0. The molecule has 0 bridgehead atoms. The highest BCUT2D eigenvalue weighted by Crippen LogP contribution is 2.35. The lowest BCUT2D eigenvalue weighted by molar-refractivity contribution is 0.00440. The second-order valence-electron chi connectivity index (χ2n) is 5.70. The van der Waals surface area contributed by atoms with E-state index >= 15 is 0 Å². The first-order valence-corrected chi connectivity index (χ1v) is 7.67. The van der Waals surface area contributed by atoms with Crippen LogP contribution in [0.2, 0.25) is 0 Å². The Morgan fingerprint density at radius 1 is 1.35 bits per heavy atom. The summed E-state index contributed by atoms with van der Waals surface area (Å²) in [6, 6.07) is 2.94. The molecule has 0 atom stereocenters. The number of hydrogen-bond acceptors (Lipinski definition) is 3. The van der Waals surface area contributed by atoms with E-state index in [0.717, 1.165) is 32.0 Å². The maximum Gasteiger partial charge on any atom is 0.0774 e. The third kappa shape index (κ3) is 2.90. The third-order valence-corrected chi connectivity index (χ3v) is 4.79. The van der Waals surface area contributed by atoms with E-state index in [1.807, 2.05) is 0 Å². The van der Waals surface area contributed by atoms with Gasteiger partial charge in [-0.3, -0.25) is 4.90 Å². The van der Waals surface area contributed by atoms with Crippen molar-refractivity contribution in [1.29, 1.82) is 0 Å². The minimum atomic E-state index is -0.390. The number of aliphatic hydroxyl groups is 1. The summed E-state index contributed by atoms with van der Waals surface area (Å²) in [6.07, 6.45) is 7.04. The summed E-state index contributed by atoms with van der Waals surface area (Å²) in [5.74, 6) is 0. The molecule has 2 aliphatic rings. The van der Waals surface area contributed by atoms with Crippen molar-refractivity contribution in [3.8, 4) is 0 Å². The van der Waals surface area contributed by atoms with Gasteiger partial charge in [0.2, 0.25) is 0 Å². The first-order valence-electron chi connectivity index (χ1n) is 6.73. The molecule has 0 unspecified atom stereocenters. The van der Waals surface area contributed by atoms with Gasteiger partial charge >= 0.3 is 0 Å². The lowest BCUT2D eigenvalue weighted by Crippen LogP contribution is -2.41. The van der Waals surface area contributed by atoms with Crippen LogP contribution in [-0.4, -0.2) is 28.2 Å². The average molecular weight is 251 g/mol. The Bertz CT molecular complexity index is 352. The molecule has 2 fully saturated rings. The Morgan fingerprint density at radius 3 is 2.71 bits per heavy atom. The van der Waals surface area contributed by atoms with Crippen molar-refractivity contribution < 1.29 is 5.11 Å². The second kappa shape index (κ2) is 4.71.